The number of carbonyl (C=O) groups is 2. The summed E-state index contributed by atoms with van der Waals surface area (Å²) in [4.78, 5) is 31.9. The van der Waals surface area contributed by atoms with Gasteiger partial charge in [-0.3, -0.25) is 14.6 Å². The minimum absolute atomic E-state index is 0.0330. The van der Waals surface area contributed by atoms with Crippen molar-refractivity contribution >= 4 is 17.4 Å². The van der Waals surface area contributed by atoms with Crippen LogP contribution in [0.5, 0.6) is 11.5 Å². The molecule has 1 aromatic heterocycles. The van der Waals surface area contributed by atoms with Gasteiger partial charge >= 0.3 is 0 Å². The molecule has 1 fully saturated rings. The number of ketones is 1. The quantitative estimate of drug-likeness (QED) is 0.351. The van der Waals surface area contributed by atoms with Crippen LogP contribution in [-0.2, 0) is 16.1 Å². The van der Waals surface area contributed by atoms with Gasteiger partial charge < -0.3 is 19.5 Å². The summed E-state index contributed by atoms with van der Waals surface area (Å²) in [5, 5.41) is 11.2. The van der Waals surface area contributed by atoms with Crippen molar-refractivity contribution in [1.82, 2.24) is 9.88 Å². The molecule has 1 unspecified atom stereocenters. The SMILES string of the molecule is COc1ccc(/C(O)=C2/C(=O)C(=O)N(Cc3ccccc3OC)C2c2ccncc2)cc1C. The van der Waals surface area contributed by atoms with Gasteiger partial charge in [0.25, 0.3) is 11.7 Å². The predicted molar refractivity (Wildman–Crippen MR) is 123 cm³/mol. The maximum Gasteiger partial charge on any atom is 0.295 e. The number of methoxy groups -OCH3 is 2. The first kappa shape index (κ1) is 22.1. The third-order valence-corrected chi connectivity index (χ3v) is 5.76. The van der Waals surface area contributed by atoms with E-state index in [9.17, 15) is 14.7 Å². The fraction of sp³-hybridized carbons (Fsp3) is 0.192. The molecule has 2 aromatic carbocycles. The molecule has 2 heterocycles. The number of ether oxygens (including phenoxy) is 2. The number of nitrogens with zero attached hydrogens (tertiary/aromatic N) is 2. The third-order valence-electron chi connectivity index (χ3n) is 5.76. The summed E-state index contributed by atoms with van der Waals surface area (Å²) in [5.41, 5.74) is 2.69. The van der Waals surface area contributed by atoms with Crippen LogP contribution in [0.25, 0.3) is 5.76 Å². The molecule has 33 heavy (non-hydrogen) atoms. The Morgan fingerprint density at radius 1 is 1.00 bits per heavy atom. The number of pyridine rings is 1. The molecule has 0 bridgehead atoms. The molecule has 0 radical (unpaired) electrons. The van der Waals surface area contributed by atoms with E-state index in [1.54, 1.807) is 63.0 Å². The standard InChI is InChI=1S/C26H24N2O5/c1-16-14-18(8-9-20(16)32-2)24(29)22-23(17-10-12-27-13-11-17)28(26(31)25(22)30)15-19-6-4-5-7-21(19)33-3/h4-14,23,29H,15H2,1-3H3/b24-22-. The number of hydrogen-bond acceptors (Lipinski definition) is 6. The summed E-state index contributed by atoms with van der Waals surface area (Å²) in [6, 6.07) is 15.1. The molecule has 168 valence electrons. The topological polar surface area (TPSA) is 89.0 Å². The van der Waals surface area contributed by atoms with E-state index in [1.807, 2.05) is 25.1 Å². The summed E-state index contributed by atoms with van der Waals surface area (Å²) < 4.78 is 10.7. The molecule has 0 aliphatic carbocycles. The van der Waals surface area contributed by atoms with Crippen molar-refractivity contribution in [1.29, 1.82) is 0 Å². The molecule has 3 aromatic rings. The second kappa shape index (κ2) is 9.16. The molecule has 1 aliphatic heterocycles. The van der Waals surface area contributed by atoms with Gasteiger partial charge in [-0.1, -0.05) is 18.2 Å². The zero-order valence-corrected chi connectivity index (χ0v) is 18.6. The molecule has 1 N–H and O–H groups in total. The third kappa shape index (κ3) is 4.05. The van der Waals surface area contributed by atoms with E-state index in [-0.39, 0.29) is 17.9 Å². The molecule has 1 aliphatic rings. The Kier molecular flexibility index (Phi) is 6.13. The normalized spacial score (nSPS) is 17.3. The van der Waals surface area contributed by atoms with Crippen LogP contribution in [0.1, 0.15) is 28.3 Å². The lowest BCUT2D eigenvalue weighted by atomic mass is 9.95. The summed E-state index contributed by atoms with van der Waals surface area (Å²) in [7, 11) is 3.12. The van der Waals surface area contributed by atoms with Crippen molar-refractivity contribution in [2.24, 2.45) is 0 Å². The second-order valence-electron chi connectivity index (χ2n) is 7.70. The summed E-state index contributed by atoms with van der Waals surface area (Å²) in [5.74, 6) is -0.386. The highest BCUT2D eigenvalue weighted by Gasteiger charge is 2.46. The zero-order chi connectivity index (χ0) is 23.5. The number of aromatic nitrogens is 1. The maximum atomic E-state index is 13.2. The Balaban J connectivity index is 1.86. The van der Waals surface area contributed by atoms with Gasteiger partial charge in [0.2, 0.25) is 0 Å². The molecule has 7 nitrogen and oxygen atoms in total. The van der Waals surface area contributed by atoms with Crippen LogP contribution in [0, 0.1) is 6.92 Å². The predicted octanol–water partition coefficient (Wildman–Crippen LogP) is 4.03. The highest BCUT2D eigenvalue weighted by atomic mass is 16.5. The van der Waals surface area contributed by atoms with Crippen LogP contribution in [0.2, 0.25) is 0 Å². The van der Waals surface area contributed by atoms with Gasteiger partial charge in [0.1, 0.15) is 17.3 Å². The number of aliphatic hydroxyl groups is 1. The average molecular weight is 444 g/mol. The van der Waals surface area contributed by atoms with Crippen LogP contribution in [0.4, 0.5) is 0 Å². The van der Waals surface area contributed by atoms with Crippen molar-refractivity contribution in [2.75, 3.05) is 14.2 Å². The highest BCUT2D eigenvalue weighted by molar-refractivity contribution is 6.46. The number of Topliss-reactive ketones (excluding diaryl/α,β-unsaturated/α-hetero) is 1. The molecule has 1 saturated heterocycles. The van der Waals surface area contributed by atoms with Crippen LogP contribution in [0.3, 0.4) is 0 Å². The van der Waals surface area contributed by atoms with Gasteiger partial charge in [-0.05, 0) is 54.4 Å². The molecule has 7 heteroatoms. The first-order chi connectivity index (χ1) is 16.0. The number of rotatable bonds is 6. The van der Waals surface area contributed by atoms with Crippen molar-refractivity contribution in [3.8, 4) is 11.5 Å². The van der Waals surface area contributed by atoms with E-state index in [0.717, 1.165) is 11.1 Å². The van der Waals surface area contributed by atoms with Crippen molar-refractivity contribution in [3.63, 3.8) is 0 Å². The summed E-state index contributed by atoms with van der Waals surface area (Å²) >= 11 is 0. The second-order valence-corrected chi connectivity index (χ2v) is 7.70. The smallest absolute Gasteiger partial charge is 0.295 e. The molecule has 0 saturated carbocycles. The van der Waals surface area contributed by atoms with Crippen LogP contribution >= 0.6 is 0 Å². The number of carbonyl (C=O) groups excluding carboxylic acids is 2. The van der Waals surface area contributed by atoms with E-state index in [2.05, 4.69) is 4.98 Å². The van der Waals surface area contributed by atoms with Crippen molar-refractivity contribution in [2.45, 2.75) is 19.5 Å². The van der Waals surface area contributed by atoms with E-state index in [1.165, 1.54) is 4.90 Å². The lowest BCUT2D eigenvalue weighted by molar-refractivity contribution is -0.140. The Bertz CT molecular complexity index is 1240. The molecular formula is C26H24N2O5. The van der Waals surface area contributed by atoms with Gasteiger partial charge in [-0.15, -0.1) is 0 Å². The number of amides is 1. The fourth-order valence-electron chi connectivity index (χ4n) is 4.13. The van der Waals surface area contributed by atoms with Crippen molar-refractivity contribution in [3.05, 3.63) is 94.8 Å². The van der Waals surface area contributed by atoms with Crippen molar-refractivity contribution < 1.29 is 24.2 Å². The van der Waals surface area contributed by atoms with Gasteiger partial charge in [0.05, 0.1) is 32.4 Å². The lowest BCUT2D eigenvalue weighted by Crippen LogP contribution is -2.29. The van der Waals surface area contributed by atoms with E-state index < -0.39 is 17.7 Å². The summed E-state index contributed by atoms with van der Waals surface area (Å²) in [6.07, 6.45) is 3.19. The Hall–Kier alpha value is -4.13. The minimum Gasteiger partial charge on any atom is -0.507 e. The highest BCUT2D eigenvalue weighted by Crippen LogP contribution is 2.41. The Morgan fingerprint density at radius 3 is 2.36 bits per heavy atom. The Labute approximate surface area is 191 Å². The van der Waals surface area contributed by atoms with E-state index in [4.69, 9.17) is 9.47 Å². The number of hydrogen-bond donors (Lipinski definition) is 1. The Morgan fingerprint density at radius 2 is 1.70 bits per heavy atom. The number of para-hydroxylation sites is 1. The van der Waals surface area contributed by atoms with Crippen LogP contribution < -0.4 is 9.47 Å². The molecule has 0 spiro atoms. The largest absolute Gasteiger partial charge is 0.507 e. The zero-order valence-electron chi connectivity index (χ0n) is 18.6. The molecule has 1 atom stereocenters. The van der Waals surface area contributed by atoms with Gasteiger partial charge in [0.15, 0.2) is 0 Å². The van der Waals surface area contributed by atoms with Crippen LogP contribution in [-0.4, -0.2) is 40.9 Å². The molecule has 1 amide bonds. The molecule has 4 rings (SSSR count). The lowest BCUT2D eigenvalue weighted by Gasteiger charge is -2.26. The minimum atomic E-state index is -0.777. The van der Waals surface area contributed by atoms with Gasteiger partial charge in [0, 0.05) is 23.5 Å². The van der Waals surface area contributed by atoms with Gasteiger partial charge in [-0.2, -0.15) is 0 Å². The molecular weight excluding hydrogens is 420 g/mol. The van der Waals surface area contributed by atoms with Crippen LogP contribution in [0.15, 0.2) is 72.6 Å². The van der Waals surface area contributed by atoms with E-state index >= 15 is 0 Å². The maximum absolute atomic E-state index is 13.2. The monoisotopic (exact) mass is 444 g/mol. The summed E-state index contributed by atoms with van der Waals surface area (Å²) in [6.45, 7) is 1.98. The average Bonchev–Trinajstić information content (AvgIpc) is 3.09. The first-order valence-electron chi connectivity index (χ1n) is 10.4. The van der Waals surface area contributed by atoms with Gasteiger partial charge in [-0.25, -0.2) is 0 Å². The number of benzene rings is 2. The number of aryl methyl sites for hydroxylation is 1. The number of aliphatic hydroxyl groups excluding tert-OH is 1. The number of likely N-dealkylation sites (tertiary alicyclic amines) is 1. The fourth-order valence-corrected chi connectivity index (χ4v) is 4.13. The van der Waals surface area contributed by atoms with E-state index in [0.29, 0.717) is 22.6 Å². The first-order valence-corrected chi connectivity index (χ1v) is 10.4.